The maximum absolute atomic E-state index is 12.6. The minimum atomic E-state index is -1.09. The third kappa shape index (κ3) is 15.5. The number of carbonyl (C=O) groups is 3. The predicted molar refractivity (Wildman–Crippen MR) is 173 cm³/mol. The van der Waals surface area contributed by atoms with Gasteiger partial charge in [-0.25, -0.2) is 14.4 Å². The summed E-state index contributed by atoms with van der Waals surface area (Å²) in [7, 11) is 0. The van der Waals surface area contributed by atoms with Crippen LogP contribution in [0.2, 0.25) is 0 Å². The summed E-state index contributed by atoms with van der Waals surface area (Å²) in [5, 5.41) is 30.8. The van der Waals surface area contributed by atoms with Crippen LogP contribution in [0.15, 0.2) is 12.2 Å². The van der Waals surface area contributed by atoms with Crippen molar-refractivity contribution < 1.29 is 34.2 Å². The second kappa shape index (κ2) is 25.6. The van der Waals surface area contributed by atoms with Crippen molar-refractivity contribution >= 4 is 17.9 Å². The summed E-state index contributed by atoms with van der Waals surface area (Å²) in [6.07, 6.45) is 26.2. The maximum atomic E-state index is 12.6. The van der Waals surface area contributed by atoms with Crippen LogP contribution in [0.3, 0.4) is 0 Å². The largest absolute Gasteiger partial charge is 0.477 e. The van der Waals surface area contributed by atoms with E-state index >= 15 is 0 Å². The van der Waals surface area contributed by atoms with Gasteiger partial charge < -0.3 is 15.3 Å². The molecule has 0 bridgehead atoms. The molecule has 0 amide bonds. The molecular weight excluding hydrogens is 530 g/mol. The summed E-state index contributed by atoms with van der Waals surface area (Å²) < 4.78 is -0.391. The summed E-state index contributed by atoms with van der Waals surface area (Å²) >= 11 is 0. The highest BCUT2D eigenvalue weighted by Gasteiger charge is 2.56. The van der Waals surface area contributed by atoms with Crippen LogP contribution in [0.25, 0.3) is 0 Å². The highest BCUT2D eigenvalue weighted by atomic mass is 16.4. The SMILES string of the molecule is CCCCCCCCCCCCCC/C=C/CCCC[N+](C(CCC)C(=O)O)(C(CCC)C(=O)O)C(CCC)C(=O)O. The van der Waals surface area contributed by atoms with E-state index in [4.69, 9.17) is 0 Å². The number of hydrogen-bond donors (Lipinski definition) is 3. The average molecular weight is 597 g/mol. The lowest BCUT2D eigenvalue weighted by Gasteiger charge is -2.50. The molecule has 0 heterocycles. The van der Waals surface area contributed by atoms with Crippen LogP contribution >= 0.6 is 0 Å². The van der Waals surface area contributed by atoms with Crippen molar-refractivity contribution in [1.29, 1.82) is 0 Å². The lowest BCUT2D eigenvalue weighted by Crippen LogP contribution is -2.72. The number of carboxylic acids is 3. The molecule has 3 atom stereocenters. The molecule has 0 aromatic rings. The van der Waals surface area contributed by atoms with E-state index in [2.05, 4.69) is 19.1 Å². The van der Waals surface area contributed by atoms with Crippen molar-refractivity contribution in [2.24, 2.45) is 0 Å². The van der Waals surface area contributed by atoms with Crippen LogP contribution < -0.4 is 0 Å². The molecule has 0 radical (unpaired) electrons. The summed E-state index contributed by atoms with van der Waals surface area (Å²) in [6.45, 7) is 8.12. The zero-order valence-electron chi connectivity index (χ0n) is 27.7. The number of hydrogen-bond acceptors (Lipinski definition) is 3. The molecule has 0 saturated heterocycles. The molecule has 7 nitrogen and oxygen atoms in total. The molecule has 3 unspecified atom stereocenters. The lowest BCUT2D eigenvalue weighted by atomic mass is 9.91. The number of aliphatic carboxylic acids is 3. The Kier molecular flexibility index (Phi) is 24.4. The van der Waals surface area contributed by atoms with Gasteiger partial charge >= 0.3 is 17.9 Å². The van der Waals surface area contributed by atoms with Gasteiger partial charge in [0, 0.05) is 19.3 Å². The van der Waals surface area contributed by atoms with E-state index in [1.807, 2.05) is 20.8 Å². The van der Waals surface area contributed by atoms with E-state index in [0.717, 1.165) is 19.3 Å². The normalized spacial score (nSPS) is 15.3. The van der Waals surface area contributed by atoms with Gasteiger partial charge in [-0.1, -0.05) is 110 Å². The second-order valence-corrected chi connectivity index (χ2v) is 12.3. The van der Waals surface area contributed by atoms with Gasteiger partial charge in [-0.3, -0.25) is 4.48 Å². The van der Waals surface area contributed by atoms with Crippen LogP contribution in [0, 0.1) is 0 Å². The van der Waals surface area contributed by atoms with Crippen LogP contribution in [-0.2, 0) is 14.4 Å². The van der Waals surface area contributed by atoms with E-state index in [9.17, 15) is 29.7 Å². The number of quaternary nitrogens is 1. The first kappa shape index (κ1) is 40.1. The van der Waals surface area contributed by atoms with E-state index < -0.39 is 40.5 Å². The number of nitrogens with zero attached hydrogens (tertiary/aromatic N) is 1. The van der Waals surface area contributed by atoms with Crippen LogP contribution in [0.4, 0.5) is 0 Å². The zero-order chi connectivity index (χ0) is 31.6. The first-order valence-electron chi connectivity index (χ1n) is 17.4. The highest BCUT2D eigenvalue weighted by Crippen LogP contribution is 2.34. The van der Waals surface area contributed by atoms with Crippen LogP contribution in [0.5, 0.6) is 0 Å². The van der Waals surface area contributed by atoms with E-state index in [0.29, 0.717) is 25.7 Å². The number of carboxylic acid groups (broad SMARTS) is 3. The molecular formula is C35H66NO6+. The minimum Gasteiger partial charge on any atom is -0.477 e. The van der Waals surface area contributed by atoms with Crippen molar-refractivity contribution in [2.45, 2.75) is 187 Å². The molecule has 42 heavy (non-hydrogen) atoms. The predicted octanol–water partition coefficient (Wildman–Crippen LogP) is 9.38. The molecule has 246 valence electrons. The van der Waals surface area contributed by atoms with Gasteiger partial charge in [0.1, 0.15) is 0 Å². The summed E-state index contributed by atoms with van der Waals surface area (Å²) in [5.41, 5.74) is 0. The fourth-order valence-corrected chi connectivity index (χ4v) is 6.63. The Labute approximate surface area is 257 Å². The number of allylic oxidation sites excluding steroid dienone is 2. The molecule has 0 aromatic carbocycles. The van der Waals surface area contributed by atoms with E-state index in [1.54, 1.807) is 0 Å². The summed E-state index contributed by atoms with van der Waals surface area (Å²) in [6, 6.07) is -3.18. The Hall–Kier alpha value is -1.89. The molecule has 0 rings (SSSR count). The van der Waals surface area contributed by atoms with Gasteiger partial charge in [-0.15, -0.1) is 0 Å². The Balaban J connectivity index is 4.98. The fraction of sp³-hybridized carbons (Fsp3) is 0.857. The van der Waals surface area contributed by atoms with E-state index in [1.165, 1.54) is 77.0 Å². The summed E-state index contributed by atoms with van der Waals surface area (Å²) in [5.74, 6) is -3.28. The number of unbranched alkanes of at least 4 members (excludes halogenated alkanes) is 14. The molecule has 0 aliphatic heterocycles. The van der Waals surface area contributed by atoms with Crippen LogP contribution in [0.1, 0.15) is 169 Å². The Morgan fingerprint density at radius 3 is 1.10 bits per heavy atom. The van der Waals surface area contributed by atoms with Gasteiger partial charge in [-0.05, 0) is 51.4 Å². The van der Waals surface area contributed by atoms with Crippen molar-refractivity contribution in [1.82, 2.24) is 0 Å². The molecule has 7 heteroatoms. The molecule has 0 fully saturated rings. The van der Waals surface area contributed by atoms with Gasteiger partial charge in [-0.2, -0.15) is 0 Å². The third-order valence-electron chi connectivity index (χ3n) is 8.84. The standard InChI is InChI=1S/C35H65NO6/c1-5-9-10-11-12-13-14-15-16-17-18-19-20-21-22-23-24-25-29-36(30(26-6-2)33(37)38,31(27-7-3)34(39)40)32(28-8-4)35(41)42/h21-22,30-32H,5-20,23-29H2,1-4H3,(H2-,37,38,39,40,41,42)/p+1/b22-21+. The second-order valence-electron chi connectivity index (χ2n) is 12.3. The molecule has 0 saturated carbocycles. The minimum absolute atomic E-state index is 0.248. The first-order chi connectivity index (χ1) is 20.2. The van der Waals surface area contributed by atoms with Gasteiger partial charge in [0.15, 0.2) is 18.1 Å². The van der Waals surface area contributed by atoms with Crippen LogP contribution in [-0.4, -0.2) is 62.4 Å². The smallest absolute Gasteiger partial charge is 0.362 e. The van der Waals surface area contributed by atoms with Gasteiger partial charge in [0.2, 0.25) is 0 Å². The molecule has 0 spiro atoms. The van der Waals surface area contributed by atoms with Gasteiger partial charge in [0.25, 0.3) is 0 Å². The monoisotopic (exact) mass is 596 g/mol. The van der Waals surface area contributed by atoms with Crippen molar-refractivity contribution in [3.63, 3.8) is 0 Å². The summed E-state index contributed by atoms with van der Waals surface area (Å²) in [4.78, 5) is 37.7. The van der Waals surface area contributed by atoms with Gasteiger partial charge in [0.05, 0.1) is 6.54 Å². The Bertz CT molecular complexity index is 677. The highest BCUT2D eigenvalue weighted by molar-refractivity contribution is 5.78. The topological polar surface area (TPSA) is 112 Å². The lowest BCUT2D eigenvalue weighted by molar-refractivity contribution is -0.973. The third-order valence-corrected chi connectivity index (χ3v) is 8.84. The van der Waals surface area contributed by atoms with Crippen molar-refractivity contribution in [2.75, 3.05) is 6.54 Å². The van der Waals surface area contributed by atoms with Crippen molar-refractivity contribution in [3.05, 3.63) is 12.2 Å². The molecule has 3 N–H and O–H groups in total. The average Bonchev–Trinajstić information content (AvgIpc) is 2.95. The quantitative estimate of drug-likeness (QED) is 0.0433. The first-order valence-corrected chi connectivity index (χ1v) is 17.4. The Morgan fingerprint density at radius 2 is 0.786 bits per heavy atom. The zero-order valence-corrected chi connectivity index (χ0v) is 27.7. The maximum Gasteiger partial charge on any atom is 0.362 e. The molecule has 0 aromatic heterocycles. The molecule has 0 aliphatic rings. The Morgan fingerprint density at radius 1 is 0.476 bits per heavy atom. The number of rotatable bonds is 30. The fourth-order valence-electron chi connectivity index (χ4n) is 6.63. The molecule has 0 aliphatic carbocycles. The van der Waals surface area contributed by atoms with E-state index in [-0.39, 0.29) is 25.8 Å². The van der Waals surface area contributed by atoms with Crippen molar-refractivity contribution in [3.8, 4) is 0 Å².